The zero-order valence-electron chi connectivity index (χ0n) is 20.5. The van der Waals surface area contributed by atoms with E-state index in [1.807, 2.05) is 52.0 Å². The molecule has 1 N–H and O–H groups in total. The van der Waals surface area contributed by atoms with E-state index in [-0.39, 0.29) is 5.78 Å². The number of fused-ring (bicyclic) bond motifs is 1. The monoisotopic (exact) mass is 468 g/mol. The average Bonchev–Trinajstić information content (AvgIpc) is 3.40. The van der Waals surface area contributed by atoms with E-state index in [1.54, 1.807) is 6.92 Å². The number of carbonyl (C=O) groups is 1. The van der Waals surface area contributed by atoms with Gasteiger partial charge < -0.3 is 14.4 Å². The maximum absolute atomic E-state index is 12.9. The predicted octanol–water partition coefficient (Wildman–Crippen LogP) is 6.25. The van der Waals surface area contributed by atoms with Crippen molar-refractivity contribution in [1.29, 1.82) is 0 Å². The van der Waals surface area contributed by atoms with Gasteiger partial charge in [-0.3, -0.25) is 4.79 Å². The van der Waals surface area contributed by atoms with E-state index in [9.17, 15) is 9.90 Å². The van der Waals surface area contributed by atoms with Crippen LogP contribution < -0.4 is 0 Å². The lowest BCUT2D eigenvalue weighted by molar-refractivity contribution is -0.138. The number of rotatable bonds is 6. The molecule has 176 valence electrons. The topological polar surface area (TPSA) is 64.3 Å². The maximum Gasteiger partial charge on any atom is 0.163 e. The highest BCUT2D eigenvalue weighted by Gasteiger charge is 2.42. The van der Waals surface area contributed by atoms with Crippen LogP contribution in [-0.4, -0.2) is 31.6 Å². The van der Waals surface area contributed by atoms with E-state index in [4.69, 9.17) is 21.3 Å². The van der Waals surface area contributed by atoms with Crippen molar-refractivity contribution < 1.29 is 14.6 Å². The Labute approximate surface area is 200 Å². The summed E-state index contributed by atoms with van der Waals surface area (Å²) in [6.45, 7) is 14.0. The van der Waals surface area contributed by atoms with Crippen LogP contribution in [0.5, 0.6) is 0 Å². The Hall–Kier alpha value is -2.21. The molecule has 0 aliphatic heterocycles. The van der Waals surface area contributed by atoms with Gasteiger partial charge in [0.05, 0.1) is 17.7 Å². The number of Topliss-reactive ketones (excluding diaryl/α,β-unsaturated/α-hetero) is 1. The number of hydrogen-bond donors (Lipinski definition) is 1. The van der Waals surface area contributed by atoms with E-state index in [0.29, 0.717) is 11.6 Å². The summed E-state index contributed by atoms with van der Waals surface area (Å²) in [6, 6.07) is 7.69. The molecule has 1 aliphatic rings. The van der Waals surface area contributed by atoms with E-state index in [1.165, 1.54) is 0 Å². The van der Waals surface area contributed by atoms with Crippen molar-refractivity contribution in [2.45, 2.75) is 85.2 Å². The highest BCUT2D eigenvalue weighted by atomic mass is 35.5. The van der Waals surface area contributed by atoms with Crippen LogP contribution >= 0.6 is 11.6 Å². The number of pyridine rings is 1. The Morgan fingerprint density at radius 2 is 1.82 bits per heavy atom. The quantitative estimate of drug-likeness (QED) is 0.464. The van der Waals surface area contributed by atoms with Gasteiger partial charge in [-0.2, -0.15) is 0 Å². The number of aromatic nitrogens is 2. The Kier molecular flexibility index (Phi) is 5.97. The van der Waals surface area contributed by atoms with Crippen molar-refractivity contribution in [2.24, 2.45) is 0 Å². The summed E-state index contributed by atoms with van der Waals surface area (Å²) in [5.74, 6) is -0.0644. The minimum Gasteiger partial charge on any atom is -0.388 e. The molecular weight excluding hydrogens is 436 g/mol. The molecule has 2 aromatic heterocycles. The first-order chi connectivity index (χ1) is 15.3. The van der Waals surface area contributed by atoms with E-state index in [2.05, 4.69) is 18.4 Å². The molecule has 33 heavy (non-hydrogen) atoms. The zero-order valence-corrected chi connectivity index (χ0v) is 21.3. The van der Waals surface area contributed by atoms with Crippen LogP contribution in [0, 0.1) is 20.8 Å². The number of aliphatic hydroxyl groups is 1. The van der Waals surface area contributed by atoms with E-state index in [0.717, 1.165) is 57.5 Å². The van der Waals surface area contributed by atoms with Crippen molar-refractivity contribution in [2.75, 3.05) is 0 Å². The molecule has 1 aromatic carbocycles. The van der Waals surface area contributed by atoms with Gasteiger partial charge in [-0.25, -0.2) is 4.98 Å². The standard InChI is InChI=1S/C27H33ClN2O3/c1-15-17(3)30(14-27(32)12-13-27)25-21(15)23(19-8-10-20(28)11-9-19)22(16(2)29-25)24(18(4)31)33-26(5,6)7/h8-11,24,32H,12-14H2,1-7H3/t24-/m1/s1. The predicted molar refractivity (Wildman–Crippen MR) is 133 cm³/mol. The Morgan fingerprint density at radius 1 is 1.21 bits per heavy atom. The minimum atomic E-state index is -0.747. The fourth-order valence-corrected chi connectivity index (χ4v) is 4.65. The van der Waals surface area contributed by atoms with Crippen molar-refractivity contribution in [3.63, 3.8) is 0 Å². The second kappa shape index (κ2) is 8.23. The van der Waals surface area contributed by atoms with Gasteiger partial charge in [0.25, 0.3) is 0 Å². The molecular formula is C27H33ClN2O3. The Bertz CT molecular complexity index is 1230. The van der Waals surface area contributed by atoms with Crippen molar-refractivity contribution in [3.05, 3.63) is 51.8 Å². The molecule has 0 amide bonds. The molecule has 0 radical (unpaired) electrons. The van der Waals surface area contributed by atoms with Crippen LogP contribution in [0.25, 0.3) is 22.2 Å². The molecule has 3 aromatic rings. The number of aryl methyl sites for hydroxylation is 2. The molecule has 1 saturated carbocycles. The molecule has 0 bridgehead atoms. The summed E-state index contributed by atoms with van der Waals surface area (Å²) in [5.41, 5.74) is 5.26. The molecule has 0 spiro atoms. The van der Waals surface area contributed by atoms with Crippen LogP contribution in [0.15, 0.2) is 24.3 Å². The van der Waals surface area contributed by atoms with Gasteiger partial charge in [-0.15, -0.1) is 0 Å². The second-order valence-electron chi connectivity index (χ2n) is 10.4. The Morgan fingerprint density at radius 3 is 2.33 bits per heavy atom. The maximum atomic E-state index is 12.9. The van der Waals surface area contributed by atoms with Crippen LogP contribution in [0.4, 0.5) is 0 Å². The molecule has 6 heteroatoms. The second-order valence-corrected chi connectivity index (χ2v) is 10.9. The first kappa shape index (κ1) is 23.9. The third-order valence-corrected chi connectivity index (χ3v) is 6.75. The molecule has 0 unspecified atom stereocenters. The van der Waals surface area contributed by atoms with Crippen LogP contribution in [-0.2, 0) is 16.1 Å². The van der Waals surface area contributed by atoms with Gasteiger partial charge in [0.1, 0.15) is 11.8 Å². The summed E-state index contributed by atoms with van der Waals surface area (Å²) in [4.78, 5) is 17.9. The van der Waals surface area contributed by atoms with Crippen LogP contribution in [0.2, 0.25) is 5.02 Å². The summed E-state index contributed by atoms with van der Waals surface area (Å²) < 4.78 is 8.43. The van der Waals surface area contributed by atoms with Gasteiger partial charge in [0, 0.05) is 32.9 Å². The van der Waals surface area contributed by atoms with Gasteiger partial charge >= 0.3 is 0 Å². The highest BCUT2D eigenvalue weighted by molar-refractivity contribution is 6.30. The summed E-state index contributed by atoms with van der Waals surface area (Å²) in [7, 11) is 0. The highest BCUT2D eigenvalue weighted by Crippen LogP contribution is 2.44. The van der Waals surface area contributed by atoms with Gasteiger partial charge in [-0.05, 0) is 84.6 Å². The number of nitrogens with zero attached hydrogens (tertiary/aromatic N) is 2. The smallest absolute Gasteiger partial charge is 0.163 e. The summed E-state index contributed by atoms with van der Waals surface area (Å²) in [6.07, 6.45) is 0.860. The Balaban J connectivity index is 2.08. The van der Waals surface area contributed by atoms with Crippen molar-refractivity contribution >= 4 is 28.4 Å². The molecule has 1 fully saturated rings. The van der Waals surface area contributed by atoms with Gasteiger partial charge in [0.15, 0.2) is 5.78 Å². The number of ketones is 1. The van der Waals surface area contributed by atoms with Crippen LogP contribution in [0.3, 0.4) is 0 Å². The third-order valence-electron chi connectivity index (χ3n) is 6.50. The lowest BCUT2D eigenvalue weighted by Gasteiger charge is -2.29. The molecule has 5 nitrogen and oxygen atoms in total. The fraction of sp³-hybridized carbons (Fsp3) is 0.481. The fourth-order valence-electron chi connectivity index (χ4n) is 4.52. The van der Waals surface area contributed by atoms with Crippen LogP contribution in [0.1, 0.15) is 69.2 Å². The summed E-state index contributed by atoms with van der Waals surface area (Å²) >= 11 is 6.21. The van der Waals surface area contributed by atoms with Gasteiger partial charge in [0.2, 0.25) is 0 Å². The SMILES string of the molecule is CC(=O)[C@@H](OC(C)(C)C)c1c(C)nc2c(c(C)c(C)n2CC2(O)CC2)c1-c1ccc(Cl)cc1. The number of carbonyl (C=O) groups excluding carboxylic acids is 1. The van der Waals surface area contributed by atoms with Crippen molar-refractivity contribution in [3.8, 4) is 11.1 Å². The number of hydrogen-bond acceptors (Lipinski definition) is 4. The largest absolute Gasteiger partial charge is 0.388 e. The molecule has 2 heterocycles. The molecule has 0 saturated heterocycles. The molecule has 1 aliphatic carbocycles. The van der Waals surface area contributed by atoms with Gasteiger partial charge in [-0.1, -0.05) is 23.7 Å². The van der Waals surface area contributed by atoms with E-state index < -0.39 is 17.3 Å². The lowest BCUT2D eigenvalue weighted by Crippen LogP contribution is -2.27. The minimum absolute atomic E-state index is 0.0644. The zero-order chi connectivity index (χ0) is 24.3. The summed E-state index contributed by atoms with van der Waals surface area (Å²) in [5, 5.41) is 12.3. The van der Waals surface area contributed by atoms with E-state index >= 15 is 0 Å². The number of ether oxygens (including phenoxy) is 1. The third kappa shape index (κ3) is 4.59. The molecule has 4 rings (SSSR count). The van der Waals surface area contributed by atoms with Crippen molar-refractivity contribution in [1.82, 2.24) is 9.55 Å². The number of benzene rings is 1. The molecule has 1 atom stereocenters. The first-order valence-electron chi connectivity index (χ1n) is 11.5. The average molecular weight is 469 g/mol. The first-order valence-corrected chi connectivity index (χ1v) is 11.9. The normalized spacial score (nSPS) is 16.3. The number of halogens is 1. The lowest BCUT2D eigenvalue weighted by atomic mass is 9.90.